The van der Waals surface area contributed by atoms with Crippen molar-refractivity contribution in [3.63, 3.8) is 0 Å². The second-order valence-electron chi connectivity index (χ2n) is 4.48. The number of benzene rings is 2. The maximum absolute atomic E-state index is 11.3. The quantitative estimate of drug-likeness (QED) is 0.709. The Kier molecular flexibility index (Phi) is 2.33. The average molecular weight is 240 g/mol. The lowest BCUT2D eigenvalue weighted by Crippen LogP contribution is -2.10. The highest BCUT2D eigenvalue weighted by Gasteiger charge is 2.22. The van der Waals surface area contributed by atoms with Crippen molar-refractivity contribution >= 4 is 5.97 Å². The van der Waals surface area contributed by atoms with Crippen molar-refractivity contribution in [2.24, 2.45) is 0 Å². The summed E-state index contributed by atoms with van der Waals surface area (Å²) in [5, 5.41) is 9.26. The molecule has 0 unspecified atom stereocenters. The maximum Gasteiger partial charge on any atom is 0.336 e. The molecule has 0 saturated heterocycles. The molecule has 2 aromatic rings. The van der Waals surface area contributed by atoms with Crippen LogP contribution in [0.3, 0.4) is 0 Å². The van der Waals surface area contributed by atoms with Gasteiger partial charge in [0.1, 0.15) is 11.5 Å². The van der Waals surface area contributed by atoms with E-state index >= 15 is 0 Å². The lowest BCUT2D eigenvalue weighted by atomic mass is 9.94. The van der Waals surface area contributed by atoms with Crippen LogP contribution in [-0.4, -0.2) is 11.1 Å². The summed E-state index contributed by atoms with van der Waals surface area (Å²) in [6, 6.07) is 11.3. The number of rotatable bonds is 1. The number of fused-ring (bicyclic) bond motifs is 2. The Morgan fingerprint density at radius 2 is 2.00 bits per heavy atom. The predicted octanol–water partition coefficient (Wildman–Crippen LogP) is 3.39. The van der Waals surface area contributed by atoms with E-state index in [4.69, 9.17) is 4.74 Å². The van der Waals surface area contributed by atoms with Crippen LogP contribution in [0.5, 0.6) is 11.5 Å². The van der Waals surface area contributed by atoms with Crippen molar-refractivity contribution in [2.45, 2.75) is 13.3 Å². The minimum atomic E-state index is -0.905. The lowest BCUT2D eigenvalue weighted by Gasteiger charge is -2.22. The topological polar surface area (TPSA) is 46.5 Å². The van der Waals surface area contributed by atoms with E-state index in [1.165, 1.54) is 0 Å². The van der Waals surface area contributed by atoms with Crippen molar-refractivity contribution in [2.75, 3.05) is 0 Å². The molecule has 90 valence electrons. The molecule has 1 N–H and O–H groups in total. The van der Waals surface area contributed by atoms with E-state index in [2.05, 4.69) is 0 Å². The van der Waals surface area contributed by atoms with Crippen LogP contribution in [0.2, 0.25) is 0 Å². The Morgan fingerprint density at radius 1 is 1.22 bits per heavy atom. The molecule has 3 nitrogen and oxygen atoms in total. The van der Waals surface area contributed by atoms with Gasteiger partial charge in [-0.05, 0) is 36.2 Å². The molecular weight excluding hydrogens is 228 g/mol. The number of aryl methyl sites for hydroxylation is 1. The molecule has 0 atom stereocenters. The van der Waals surface area contributed by atoms with Crippen molar-refractivity contribution in [1.29, 1.82) is 0 Å². The fraction of sp³-hybridized carbons (Fsp3) is 0.133. The molecule has 0 bridgehead atoms. The maximum atomic E-state index is 11.3. The minimum Gasteiger partial charge on any atom is -0.478 e. The molecule has 0 aliphatic carbocycles. The number of carboxylic acids is 1. The molecule has 3 heteroatoms. The summed E-state index contributed by atoms with van der Waals surface area (Å²) >= 11 is 0. The van der Waals surface area contributed by atoms with Crippen molar-refractivity contribution in [1.82, 2.24) is 0 Å². The number of aromatic carboxylic acids is 1. The Bertz CT molecular complexity index is 644. The number of carbonyl (C=O) groups is 1. The van der Waals surface area contributed by atoms with E-state index in [1.807, 2.05) is 37.3 Å². The highest BCUT2D eigenvalue weighted by Crippen LogP contribution is 2.38. The second kappa shape index (κ2) is 3.88. The Hall–Kier alpha value is -2.29. The van der Waals surface area contributed by atoms with Gasteiger partial charge in [0.15, 0.2) is 0 Å². The van der Waals surface area contributed by atoms with Crippen LogP contribution in [0.25, 0.3) is 0 Å². The number of para-hydroxylation sites is 1. The molecule has 0 amide bonds. The van der Waals surface area contributed by atoms with Gasteiger partial charge in [0.2, 0.25) is 0 Å². The zero-order chi connectivity index (χ0) is 12.7. The Balaban J connectivity index is 2.18. The summed E-state index contributed by atoms with van der Waals surface area (Å²) in [5.74, 6) is 0.566. The van der Waals surface area contributed by atoms with Gasteiger partial charge in [0.05, 0.1) is 5.56 Å². The average Bonchev–Trinajstić information content (AvgIpc) is 2.35. The van der Waals surface area contributed by atoms with Crippen LogP contribution < -0.4 is 4.74 Å². The highest BCUT2D eigenvalue weighted by atomic mass is 16.5. The fourth-order valence-electron chi connectivity index (χ4n) is 2.31. The molecule has 3 rings (SSSR count). The second-order valence-corrected chi connectivity index (χ2v) is 4.48. The summed E-state index contributed by atoms with van der Waals surface area (Å²) in [6.07, 6.45) is 0.605. The molecule has 0 fully saturated rings. The number of carboxylic acid groups (broad SMARTS) is 1. The van der Waals surface area contributed by atoms with Gasteiger partial charge < -0.3 is 9.84 Å². The zero-order valence-corrected chi connectivity index (χ0v) is 9.93. The number of hydrogen-bond donors (Lipinski definition) is 1. The van der Waals surface area contributed by atoms with Gasteiger partial charge in [-0.3, -0.25) is 0 Å². The number of hydrogen-bond acceptors (Lipinski definition) is 2. The summed E-state index contributed by atoms with van der Waals surface area (Å²) < 4.78 is 5.79. The minimum absolute atomic E-state index is 0.333. The fourth-order valence-corrected chi connectivity index (χ4v) is 2.31. The number of ether oxygens (including phenoxy) is 1. The molecule has 0 spiro atoms. The van der Waals surface area contributed by atoms with Gasteiger partial charge in [-0.2, -0.15) is 0 Å². The van der Waals surface area contributed by atoms with Crippen LogP contribution in [-0.2, 0) is 6.42 Å². The normalized spacial score (nSPS) is 12.3. The highest BCUT2D eigenvalue weighted by molar-refractivity contribution is 5.91. The molecular formula is C15H12O3. The third-order valence-corrected chi connectivity index (χ3v) is 3.14. The van der Waals surface area contributed by atoms with Crippen LogP contribution in [0.4, 0.5) is 0 Å². The summed E-state index contributed by atoms with van der Waals surface area (Å²) in [4.78, 5) is 11.3. The first-order valence-electron chi connectivity index (χ1n) is 5.78. The first-order chi connectivity index (χ1) is 8.65. The van der Waals surface area contributed by atoms with Gasteiger partial charge in [0, 0.05) is 12.0 Å². The van der Waals surface area contributed by atoms with Crippen molar-refractivity contribution in [3.05, 3.63) is 58.7 Å². The van der Waals surface area contributed by atoms with E-state index in [0.29, 0.717) is 17.7 Å². The van der Waals surface area contributed by atoms with E-state index in [9.17, 15) is 9.90 Å². The third-order valence-electron chi connectivity index (χ3n) is 3.14. The smallest absolute Gasteiger partial charge is 0.336 e. The molecule has 0 aromatic heterocycles. The molecule has 0 saturated carbocycles. The summed E-state index contributed by atoms with van der Waals surface area (Å²) in [5.41, 5.74) is 3.01. The Labute approximate surface area is 105 Å². The van der Waals surface area contributed by atoms with Crippen LogP contribution in [0.15, 0.2) is 36.4 Å². The third kappa shape index (κ3) is 1.64. The van der Waals surface area contributed by atoms with Gasteiger partial charge in [0.25, 0.3) is 0 Å². The Morgan fingerprint density at radius 3 is 2.78 bits per heavy atom. The van der Waals surface area contributed by atoms with Crippen molar-refractivity contribution < 1.29 is 14.6 Å². The molecule has 2 aromatic carbocycles. The van der Waals surface area contributed by atoms with Crippen LogP contribution in [0, 0.1) is 6.92 Å². The van der Waals surface area contributed by atoms with Gasteiger partial charge in [-0.15, -0.1) is 0 Å². The molecule has 1 aliphatic rings. The molecule has 1 aliphatic heterocycles. The lowest BCUT2D eigenvalue weighted by molar-refractivity contribution is 0.0695. The first kappa shape index (κ1) is 10.8. The first-order valence-corrected chi connectivity index (χ1v) is 5.78. The zero-order valence-electron chi connectivity index (χ0n) is 9.93. The van der Waals surface area contributed by atoms with Gasteiger partial charge >= 0.3 is 5.97 Å². The van der Waals surface area contributed by atoms with Crippen LogP contribution in [0.1, 0.15) is 27.0 Å². The van der Waals surface area contributed by atoms with E-state index < -0.39 is 5.97 Å². The monoisotopic (exact) mass is 240 g/mol. The van der Waals surface area contributed by atoms with E-state index in [0.717, 1.165) is 22.4 Å². The molecule has 18 heavy (non-hydrogen) atoms. The van der Waals surface area contributed by atoms with Gasteiger partial charge in [-0.25, -0.2) is 4.79 Å². The summed E-state index contributed by atoms with van der Waals surface area (Å²) in [6.45, 7) is 1.87. The molecule has 0 radical (unpaired) electrons. The molecule has 1 heterocycles. The predicted molar refractivity (Wildman–Crippen MR) is 67.5 cm³/mol. The summed E-state index contributed by atoms with van der Waals surface area (Å²) in [7, 11) is 0. The standard InChI is InChI=1S/C15H12O3/c1-9-6-12(15(16)17)11-8-10-4-2-3-5-13(10)18-14(11)7-9/h2-7H,8H2,1H3,(H,16,17). The van der Waals surface area contributed by atoms with Gasteiger partial charge in [-0.1, -0.05) is 18.2 Å². The van der Waals surface area contributed by atoms with Crippen LogP contribution >= 0.6 is 0 Å². The van der Waals surface area contributed by atoms with E-state index in [-0.39, 0.29) is 0 Å². The van der Waals surface area contributed by atoms with Crippen molar-refractivity contribution in [3.8, 4) is 11.5 Å². The largest absolute Gasteiger partial charge is 0.478 e. The van der Waals surface area contributed by atoms with E-state index in [1.54, 1.807) is 6.07 Å². The SMILES string of the molecule is Cc1cc2c(c(C(=O)O)c1)Cc1ccccc1O2.